The zero-order valence-electron chi connectivity index (χ0n) is 12.7. The van der Waals surface area contributed by atoms with Crippen LogP contribution < -0.4 is 14.9 Å². The van der Waals surface area contributed by atoms with E-state index in [4.69, 9.17) is 15.9 Å². The van der Waals surface area contributed by atoms with Crippen molar-refractivity contribution >= 4 is 12.1 Å². The third-order valence-electron chi connectivity index (χ3n) is 2.91. The lowest BCUT2D eigenvalue weighted by atomic mass is 10.2. The second-order valence-electron chi connectivity index (χ2n) is 4.47. The summed E-state index contributed by atoms with van der Waals surface area (Å²) in [5.74, 6) is 3.21. The number of terminal acetylenes is 1. The molecule has 0 unspecified atom stereocenters. The molecule has 2 aromatic carbocycles. The Bertz CT molecular complexity index is 734. The van der Waals surface area contributed by atoms with Crippen LogP contribution in [0.2, 0.25) is 0 Å². The fourth-order valence-electron chi connectivity index (χ4n) is 1.82. The molecule has 0 heterocycles. The highest BCUT2D eigenvalue weighted by atomic mass is 16.5. The second kappa shape index (κ2) is 8.25. The number of hydrogen-bond donors (Lipinski definition) is 1. The number of nitrogens with zero attached hydrogens (tertiary/aromatic N) is 1. The van der Waals surface area contributed by atoms with Gasteiger partial charge in [-0.25, -0.2) is 5.43 Å². The van der Waals surface area contributed by atoms with Crippen molar-refractivity contribution in [2.24, 2.45) is 5.10 Å². The van der Waals surface area contributed by atoms with Crippen LogP contribution in [-0.4, -0.2) is 25.8 Å². The lowest BCUT2D eigenvalue weighted by Gasteiger charge is -2.09. The zero-order valence-corrected chi connectivity index (χ0v) is 12.7. The normalized spacial score (nSPS) is 10.1. The maximum absolute atomic E-state index is 11.8. The molecule has 0 spiro atoms. The van der Waals surface area contributed by atoms with Gasteiger partial charge in [0.05, 0.1) is 13.3 Å². The second-order valence-corrected chi connectivity index (χ2v) is 4.47. The summed E-state index contributed by atoms with van der Waals surface area (Å²) in [7, 11) is 1.54. The number of carbonyl (C=O) groups excluding carboxylic acids is 1. The Morgan fingerprint density at radius 1 is 1.26 bits per heavy atom. The van der Waals surface area contributed by atoms with Crippen molar-refractivity contribution < 1.29 is 14.3 Å². The molecular weight excluding hydrogens is 292 g/mol. The fraction of sp³-hybridized carbons (Fsp3) is 0.111. The molecule has 1 N–H and O–H groups in total. The Balaban J connectivity index is 2.02. The van der Waals surface area contributed by atoms with E-state index in [1.807, 2.05) is 6.07 Å². The van der Waals surface area contributed by atoms with Gasteiger partial charge in [-0.2, -0.15) is 5.10 Å². The maximum Gasteiger partial charge on any atom is 0.271 e. The highest BCUT2D eigenvalue weighted by Crippen LogP contribution is 2.27. The van der Waals surface area contributed by atoms with E-state index in [0.717, 1.165) is 5.56 Å². The van der Waals surface area contributed by atoms with Crippen molar-refractivity contribution in [1.29, 1.82) is 0 Å². The highest BCUT2D eigenvalue weighted by molar-refractivity contribution is 5.94. The van der Waals surface area contributed by atoms with Crippen molar-refractivity contribution in [3.05, 3.63) is 59.7 Å². The molecule has 0 aliphatic heterocycles. The van der Waals surface area contributed by atoms with Gasteiger partial charge in [0.15, 0.2) is 11.5 Å². The van der Waals surface area contributed by atoms with Gasteiger partial charge in [0.2, 0.25) is 0 Å². The number of hydrazone groups is 1. The smallest absolute Gasteiger partial charge is 0.271 e. The van der Waals surface area contributed by atoms with Crippen LogP contribution in [0.1, 0.15) is 15.9 Å². The highest BCUT2D eigenvalue weighted by Gasteiger charge is 2.05. The van der Waals surface area contributed by atoms with Gasteiger partial charge < -0.3 is 9.47 Å². The monoisotopic (exact) mass is 308 g/mol. The summed E-state index contributed by atoms with van der Waals surface area (Å²) in [6.45, 7) is 0.164. The summed E-state index contributed by atoms with van der Waals surface area (Å²) in [6, 6.07) is 14.1. The average molecular weight is 308 g/mol. The molecule has 0 aliphatic carbocycles. The van der Waals surface area contributed by atoms with E-state index < -0.39 is 0 Å². The first-order valence-corrected chi connectivity index (χ1v) is 6.87. The summed E-state index contributed by atoms with van der Waals surface area (Å²) >= 11 is 0. The third-order valence-corrected chi connectivity index (χ3v) is 2.91. The lowest BCUT2D eigenvalue weighted by molar-refractivity contribution is 0.0955. The van der Waals surface area contributed by atoms with Crippen LogP contribution >= 0.6 is 0 Å². The Hall–Kier alpha value is -3.26. The van der Waals surface area contributed by atoms with E-state index in [9.17, 15) is 4.79 Å². The first-order valence-electron chi connectivity index (χ1n) is 6.87. The van der Waals surface area contributed by atoms with Crippen LogP contribution in [0.5, 0.6) is 11.5 Å². The predicted molar refractivity (Wildman–Crippen MR) is 88.8 cm³/mol. The van der Waals surface area contributed by atoms with Crippen LogP contribution in [-0.2, 0) is 0 Å². The number of nitrogens with one attached hydrogen (secondary N) is 1. The van der Waals surface area contributed by atoms with E-state index in [1.165, 1.54) is 13.3 Å². The van der Waals surface area contributed by atoms with Crippen molar-refractivity contribution in [3.63, 3.8) is 0 Å². The minimum atomic E-state index is -0.275. The summed E-state index contributed by atoms with van der Waals surface area (Å²) in [6.07, 6.45) is 6.68. The van der Waals surface area contributed by atoms with E-state index >= 15 is 0 Å². The number of ether oxygens (including phenoxy) is 2. The molecule has 5 heteroatoms. The van der Waals surface area contributed by atoms with Crippen LogP contribution in [0.25, 0.3) is 0 Å². The summed E-state index contributed by atoms with van der Waals surface area (Å²) in [5, 5.41) is 3.93. The van der Waals surface area contributed by atoms with Crippen LogP contribution in [0, 0.1) is 12.3 Å². The molecule has 2 aromatic rings. The van der Waals surface area contributed by atoms with Crippen molar-refractivity contribution in [2.75, 3.05) is 13.7 Å². The average Bonchev–Trinajstić information content (AvgIpc) is 2.61. The molecule has 0 radical (unpaired) electrons. The van der Waals surface area contributed by atoms with Gasteiger partial charge in [-0.15, -0.1) is 6.42 Å². The molecular formula is C18H16N2O3. The predicted octanol–water partition coefficient (Wildman–Crippen LogP) is 2.47. The van der Waals surface area contributed by atoms with Crippen LogP contribution in [0.15, 0.2) is 53.6 Å². The minimum absolute atomic E-state index is 0.164. The number of carbonyl (C=O) groups is 1. The lowest BCUT2D eigenvalue weighted by Crippen LogP contribution is -2.17. The van der Waals surface area contributed by atoms with Gasteiger partial charge >= 0.3 is 0 Å². The van der Waals surface area contributed by atoms with E-state index in [0.29, 0.717) is 17.1 Å². The molecule has 1 amide bonds. The molecule has 0 saturated carbocycles. The van der Waals surface area contributed by atoms with Crippen LogP contribution in [0.4, 0.5) is 0 Å². The summed E-state index contributed by atoms with van der Waals surface area (Å²) in [5.41, 5.74) is 3.76. The SMILES string of the molecule is C#CCOc1ccc(/C=N/NC(=O)c2ccccc2)cc1OC. The quantitative estimate of drug-likeness (QED) is 0.506. The first kappa shape index (κ1) is 16.1. The number of hydrogen-bond acceptors (Lipinski definition) is 4. The number of benzene rings is 2. The Labute approximate surface area is 134 Å². The van der Waals surface area contributed by atoms with Gasteiger partial charge in [-0.1, -0.05) is 24.1 Å². The largest absolute Gasteiger partial charge is 0.493 e. The minimum Gasteiger partial charge on any atom is -0.493 e. The molecule has 2 rings (SSSR count). The molecule has 116 valence electrons. The molecule has 0 aromatic heterocycles. The molecule has 0 atom stereocenters. The van der Waals surface area contributed by atoms with Gasteiger partial charge in [0, 0.05) is 5.56 Å². The Morgan fingerprint density at radius 3 is 2.74 bits per heavy atom. The number of methoxy groups -OCH3 is 1. The summed E-state index contributed by atoms with van der Waals surface area (Å²) < 4.78 is 10.6. The third kappa shape index (κ3) is 4.61. The Morgan fingerprint density at radius 2 is 2.04 bits per heavy atom. The van der Waals surface area contributed by atoms with E-state index in [1.54, 1.807) is 42.5 Å². The standard InChI is InChI=1S/C18H16N2O3/c1-3-11-23-16-10-9-14(12-17(16)22-2)13-19-20-18(21)15-7-5-4-6-8-15/h1,4-10,12-13H,11H2,2H3,(H,20,21)/b19-13+. The van der Waals surface area contributed by atoms with Crippen LogP contribution in [0.3, 0.4) is 0 Å². The molecule has 5 nitrogen and oxygen atoms in total. The molecule has 23 heavy (non-hydrogen) atoms. The van der Waals surface area contributed by atoms with E-state index in [-0.39, 0.29) is 12.5 Å². The van der Waals surface area contributed by atoms with Crippen molar-refractivity contribution in [3.8, 4) is 23.8 Å². The van der Waals surface area contributed by atoms with E-state index in [2.05, 4.69) is 16.4 Å². The van der Waals surface area contributed by atoms with Gasteiger partial charge in [-0.05, 0) is 35.9 Å². The van der Waals surface area contributed by atoms with Crippen molar-refractivity contribution in [2.45, 2.75) is 0 Å². The maximum atomic E-state index is 11.8. The van der Waals surface area contributed by atoms with Gasteiger partial charge in [0.1, 0.15) is 6.61 Å². The van der Waals surface area contributed by atoms with Crippen molar-refractivity contribution in [1.82, 2.24) is 5.43 Å². The topological polar surface area (TPSA) is 59.9 Å². The number of amides is 1. The van der Waals surface area contributed by atoms with Gasteiger partial charge in [-0.3, -0.25) is 4.79 Å². The Kier molecular flexibility index (Phi) is 5.78. The molecule has 0 fully saturated rings. The first-order chi connectivity index (χ1) is 11.2. The summed E-state index contributed by atoms with van der Waals surface area (Å²) in [4.78, 5) is 11.8. The fourth-order valence-corrected chi connectivity index (χ4v) is 1.82. The molecule has 0 bridgehead atoms. The number of rotatable bonds is 6. The molecule has 0 aliphatic rings. The zero-order chi connectivity index (χ0) is 16.5. The molecule has 0 saturated heterocycles. The van der Waals surface area contributed by atoms with Gasteiger partial charge in [0.25, 0.3) is 5.91 Å².